The Hall–Kier alpha value is -3.36. The molecular formula is C29H33N3O3S2. The van der Waals surface area contributed by atoms with Crippen LogP contribution in [0.2, 0.25) is 0 Å². The molecule has 0 spiro atoms. The first-order valence-electron chi connectivity index (χ1n) is 12.4. The van der Waals surface area contributed by atoms with Crippen LogP contribution < -0.4 is 16.0 Å². The van der Waals surface area contributed by atoms with Crippen LogP contribution in [0.25, 0.3) is 0 Å². The number of nitrogens with one attached hydrogen (secondary N) is 3. The number of thiocarbonyl (C=S) groups is 1. The van der Waals surface area contributed by atoms with Crippen LogP contribution in [0.15, 0.2) is 77.7 Å². The molecule has 0 aliphatic carbocycles. The number of amides is 1. The van der Waals surface area contributed by atoms with Crippen molar-refractivity contribution in [2.45, 2.75) is 50.2 Å². The van der Waals surface area contributed by atoms with Crippen LogP contribution in [0.4, 0.5) is 17.1 Å². The SMILES string of the molecule is CCCCOC(=O)c1ccc(NC(=O)C(CC)Sc2cccc(NC(=S)Nc3ccc(C)cc3)c2)cc1. The van der Waals surface area contributed by atoms with Crippen LogP contribution in [0.3, 0.4) is 0 Å². The molecule has 0 radical (unpaired) electrons. The number of esters is 1. The summed E-state index contributed by atoms with van der Waals surface area (Å²) in [5.41, 5.74) is 4.04. The molecule has 194 valence electrons. The van der Waals surface area contributed by atoms with Crippen LogP contribution in [0.5, 0.6) is 0 Å². The molecule has 0 heterocycles. The maximum absolute atomic E-state index is 13.0. The Kier molecular flexibility index (Phi) is 11.0. The number of benzene rings is 3. The number of anilines is 3. The molecule has 3 rings (SSSR count). The molecule has 37 heavy (non-hydrogen) atoms. The number of carbonyl (C=O) groups is 2. The molecule has 0 aliphatic rings. The van der Waals surface area contributed by atoms with Gasteiger partial charge in [-0.2, -0.15) is 0 Å². The molecule has 1 unspecified atom stereocenters. The van der Waals surface area contributed by atoms with E-state index in [-0.39, 0.29) is 17.1 Å². The number of rotatable bonds is 11. The molecule has 3 aromatic carbocycles. The van der Waals surface area contributed by atoms with Gasteiger partial charge in [0.25, 0.3) is 0 Å². The quantitative estimate of drug-likeness (QED) is 0.103. The van der Waals surface area contributed by atoms with E-state index >= 15 is 0 Å². The van der Waals surface area contributed by atoms with Crippen LogP contribution in [0.1, 0.15) is 49.0 Å². The van der Waals surface area contributed by atoms with Crippen molar-refractivity contribution in [3.05, 3.63) is 83.9 Å². The van der Waals surface area contributed by atoms with Gasteiger partial charge < -0.3 is 20.7 Å². The van der Waals surface area contributed by atoms with Crippen molar-refractivity contribution in [2.24, 2.45) is 0 Å². The minimum absolute atomic E-state index is 0.0966. The summed E-state index contributed by atoms with van der Waals surface area (Å²) in [4.78, 5) is 26.0. The summed E-state index contributed by atoms with van der Waals surface area (Å²) >= 11 is 6.94. The van der Waals surface area contributed by atoms with E-state index in [1.807, 2.05) is 69.3 Å². The average molecular weight is 536 g/mol. The van der Waals surface area contributed by atoms with E-state index in [0.29, 0.717) is 29.4 Å². The number of aryl methyl sites for hydroxylation is 1. The molecule has 0 aromatic heterocycles. The van der Waals surface area contributed by atoms with Crippen molar-refractivity contribution in [3.8, 4) is 0 Å². The first kappa shape index (κ1) is 28.2. The lowest BCUT2D eigenvalue weighted by Crippen LogP contribution is -2.24. The molecule has 0 saturated heterocycles. The lowest BCUT2D eigenvalue weighted by molar-refractivity contribution is -0.115. The molecule has 0 aliphatic heterocycles. The third-order valence-corrected chi connectivity index (χ3v) is 7.02. The van der Waals surface area contributed by atoms with Gasteiger partial charge in [0, 0.05) is 22.0 Å². The van der Waals surface area contributed by atoms with E-state index in [1.54, 1.807) is 24.3 Å². The van der Waals surface area contributed by atoms with Crippen molar-refractivity contribution in [1.29, 1.82) is 0 Å². The molecule has 1 amide bonds. The number of carbonyl (C=O) groups excluding carboxylic acids is 2. The normalized spacial score (nSPS) is 11.3. The van der Waals surface area contributed by atoms with Gasteiger partial charge in [0.05, 0.1) is 17.4 Å². The third-order valence-electron chi connectivity index (χ3n) is 5.46. The van der Waals surface area contributed by atoms with E-state index in [2.05, 4.69) is 16.0 Å². The summed E-state index contributed by atoms with van der Waals surface area (Å²) in [6, 6.07) is 22.6. The molecule has 3 aromatic rings. The lowest BCUT2D eigenvalue weighted by Gasteiger charge is -2.16. The maximum Gasteiger partial charge on any atom is 0.338 e. The van der Waals surface area contributed by atoms with Crippen LogP contribution in [0, 0.1) is 6.92 Å². The first-order valence-corrected chi connectivity index (χ1v) is 13.7. The summed E-state index contributed by atoms with van der Waals surface area (Å²) < 4.78 is 5.23. The van der Waals surface area contributed by atoms with Crippen LogP contribution >= 0.6 is 24.0 Å². The number of hydrogen-bond acceptors (Lipinski definition) is 5. The second kappa shape index (κ2) is 14.4. The van der Waals surface area contributed by atoms with Gasteiger partial charge >= 0.3 is 5.97 Å². The summed E-state index contributed by atoms with van der Waals surface area (Å²) in [6.45, 7) is 6.47. The van der Waals surface area contributed by atoms with Gasteiger partial charge in [-0.1, -0.05) is 44.0 Å². The molecule has 1 atom stereocenters. The van der Waals surface area contributed by atoms with Gasteiger partial charge in [-0.25, -0.2) is 4.79 Å². The highest BCUT2D eigenvalue weighted by atomic mass is 32.2. The number of ether oxygens (including phenoxy) is 1. The molecular weight excluding hydrogens is 502 g/mol. The molecule has 0 fully saturated rings. The molecule has 6 nitrogen and oxygen atoms in total. The van der Waals surface area contributed by atoms with E-state index < -0.39 is 0 Å². The number of thioether (sulfide) groups is 1. The Morgan fingerprint density at radius 1 is 0.892 bits per heavy atom. The van der Waals surface area contributed by atoms with Crippen molar-refractivity contribution in [3.63, 3.8) is 0 Å². The topological polar surface area (TPSA) is 79.5 Å². The number of unbranched alkanes of at least 4 members (excludes halogenated alkanes) is 1. The Labute approximate surface area is 228 Å². The summed E-state index contributed by atoms with van der Waals surface area (Å²) in [5, 5.41) is 9.54. The number of hydrogen-bond donors (Lipinski definition) is 3. The third kappa shape index (κ3) is 9.22. The second-order valence-electron chi connectivity index (χ2n) is 8.54. The zero-order valence-electron chi connectivity index (χ0n) is 21.4. The smallest absolute Gasteiger partial charge is 0.338 e. The lowest BCUT2D eigenvalue weighted by atomic mass is 10.2. The maximum atomic E-state index is 13.0. The van der Waals surface area contributed by atoms with E-state index in [1.165, 1.54) is 17.3 Å². The summed E-state index contributed by atoms with van der Waals surface area (Å²) in [7, 11) is 0. The Balaban J connectivity index is 1.55. The summed E-state index contributed by atoms with van der Waals surface area (Å²) in [6.07, 6.45) is 2.46. The van der Waals surface area contributed by atoms with Gasteiger partial charge in [-0.05, 0) is 86.6 Å². The fraction of sp³-hybridized carbons (Fsp3) is 0.276. The predicted molar refractivity (Wildman–Crippen MR) is 158 cm³/mol. The highest BCUT2D eigenvalue weighted by molar-refractivity contribution is 8.00. The van der Waals surface area contributed by atoms with Crippen molar-refractivity contribution >= 4 is 58.0 Å². The zero-order chi connectivity index (χ0) is 26.6. The van der Waals surface area contributed by atoms with Gasteiger partial charge in [0.2, 0.25) is 5.91 Å². The second-order valence-corrected chi connectivity index (χ2v) is 10.2. The average Bonchev–Trinajstić information content (AvgIpc) is 2.89. The summed E-state index contributed by atoms with van der Waals surface area (Å²) in [5.74, 6) is -0.448. The van der Waals surface area contributed by atoms with Crippen molar-refractivity contribution in [1.82, 2.24) is 0 Å². The highest BCUT2D eigenvalue weighted by Gasteiger charge is 2.19. The standard InChI is InChI=1S/C29H33N3O3S2/c1-4-6-18-35-28(34)21-12-16-22(17-13-21)30-27(33)26(5-2)37-25-9-7-8-24(19-25)32-29(36)31-23-14-10-20(3)11-15-23/h7-17,19,26H,4-6,18H2,1-3H3,(H,30,33)(H2,31,32,36). The largest absolute Gasteiger partial charge is 0.462 e. The van der Waals surface area contributed by atoms with Crippen molar-refractivity contribution in [2.75, 3.05) is 22.6 Å². The van der Waals surface area contributed by atoms with Crippen molar-refractivity contribution < 1.29 is 14.3 Å². The fourth-order valence-corrected chi connectivity index (χ4v) is 4.62. The van der Waals surface area contributed by atoms with E-state index in [9.17, 15) is 9.59 Å². The minimum atomic E-state index is -0.352. The zero-order valence-corrected chi connectivity index (χ0v) is 23.0. The Morgan fingerprint density at radius 3 is 2.22 bits per heavy atom. The Bertz CT molecular complexity index is 1200. The Morgan fingerprint density at radius 2 is 1.54 bits per heavy atom. The van der Waals surface area contributed by atoms with Gasteiger partial charge in [-0.3, -0.25) is 4.79 Å². The van der Waals surface area contributed by atoms with Crippen LogP contribution in [-0.4, -0.2) is 28.8 Å². The minimum Gasteiger partial charge on any atom is -0.462 e. The van der Waals surface area contributed by atoms with E-state index in [0.717, 1.165) is 29.1 Å². The van der Waals surface area contributed by atoms with Crippen LogP contribution in [-0.2, 0) is 9.53 Å². The molecule has 8 heteroatoms. The highest BCUT2D eigenvalue weighted by Crippen LogP contribution is 2.29. The first-order chi connectivity index (χ1) is 17.9. The monoisotopic (exact) mass is 535 g/mol. The molecule has 0 saturated carbocycles. The molecule has 0 bridgehead atoms. The van der Waals surface area contributed by atoms with Gasteiger partial charge in [0.15, 0.2) is 5.11 Å². The molecule has 3 N–H and O–H groups in total. The fourth-order valence-electron chi connectivity index (χ4n) is 3.37. The predicted octanol–water partition coefficient (Wildman–Crippen LogP) is 7.27. The van der Waals surface area contributed by atoms with E-state index in [4.69, 9.17) is 17.0 Å². The van der Waals surface area contributed by atoms with Gasteiger partial charge in [0.1, 0.15) is 0 Å². The van der Waals surface area contributed by atoms with Gasteiger partial charge in [-0.15, -0.1) is 11.8 Å².